The SMILES string of the molecule is Cc1ccc(C(=O)OCCCOCC(F)(F)F)cc1N. The van der Waals surface area contributed by atoms with Gasteiger partial charge in [-0.2, -0.15) is 13.2 Å². The van der Waals surface area contributed by atoms with Gasteiger partial charge in [0.05, 0.1) is 18.8 Å². The molecule has 0 saturated heterocycles. The second kappa shape index (κ2) is 7.14. The number of halogens is 3. The Hall–Kier alpha value is -1.76. The number of nitrogens with two attached hydrogens (primary N) is 1. The van der Waals surface area contributed by atoms with Gasteiger partial charge in [-0.3, -0.25) is 0 Å². The molecular formula is C13H16F3NO3. The Balaban J connectivity index is 2.25. The Bertz CT molecular complexity index is 461. The van der Waals surface area contributed by atoms with Gasteiger partial charge in [-0.25, -0.2) is 4.79 Å². The Kier molecular flexibility index (Phi) is 5.82. The predicted octanol–water partition coefficient (Wildman–Crippen LogP) is 2.70. The van der Waals surface area contributed by atoms with Gasteiger partial charge in [-0.15, -0.1) is 0 Å². The molecule has 2 N–H and O–H groups in total. The van der Waals surface area contributed by atoms with Gasteiger partial charge in [-0.05, 0) is 24.6 Å². The average Bonchev–Trinajstić information content (AvgIpc) is 2.35. The van der Waals surface area contributed by atoms with Crippen molar-refractivity contribution in [3.05, 3.63) is 29.3 Å². The number of alkyl halides is 3. The minimum atomic E-state index is -4.34. The molecule has 0 heterocycles. The van der Waals surface area contributed by atoms with Gasteiger partial charge in [0.25, 0.3) is 0 Å². The molecular weight excluding hydrogens is 275 g/mol. The Morgan fingerprint density at radius 3 is 2.60 bits per heavy atom. The summed E-state index contributed by atoms with van der Waals surface area (Å²) in [6.07, 6.45) is -4.14. The first-order chi connectivity index (χ1) is 9.29. The van der Waals surface area contributed by atoms with Crippen molar-refractivity contribution in [2.24, 2.45) is 0 Å². The highest BCUT2D eigenvalue weighted by Gasteiger charge is 2.27. The van der Waals surface area contributed by atoms with Crippen molar-refractivity contribution in [3.63, 3.8) is 0 Å². The van der Waals surface area contributed by atoms with Gasteiger partial charge >= 0.3 is 12.1 Å². The zero-order valence-corrected chi connectivity index (χ0v) is 11.0. The van der Waals surface area contributed by atoms with E-state index in [0.717, 1.165) is 5.56 Å². The van der Waals surface area contributed by atoms with Crippen molar-refractivity contribution in [2.45, 2.75) is 19.5 Å². The zero-order chi connectivity index (χ0) is 15.2. The predicted molar refractivity (Wildman–Crippen MR) is 67.4 cm³/mol. The number of carbonyl (C=O) groups excluding carboxylic acids is 1. The lowest BCUT2D eigenvalue weighted by Gasteiger charge is -2.08. The molecule has 1 aromatic rings. The minimum absolute atomic E-state index is 0.00945. The number of ether oxygens (including phenoxy) is 2. The molecule has 112 valence electrons. The maximum Gasteiger partial charge on any atom is 0.411 e. The molecule has 0 fully saturated rings. The van der Waals surface area contributed by atoms with Crippen LogP contribution in [0.25, 0.3) is 0 Å². The molecule has 20 heavy (non-hydrogen) atoms. The zero-order valence-electron chi connectivity index (χ0n) is 11.0. The molecule has 0 aliphatic heterocycles. The minimum Gasteiger partial charge on any atom is -0.462 e. The summed E-state index contributed by atoms with van der Waals surface area (Å²) in [4.78, 5) is 11.6. The quantitative estimate of drug-likeness (QED) is 0.497. The van der Waals surface area contributed by atoms with Gasteiger partial charge < -0.3 is 15.2 Å². The molecule has 0 aliphatic rings. The summed E-state index contributed by atoms with van der Waals surface area (Å²) < 4.78 is 44.6. The van der Waals surface area contributed by atoms with Crippen molar-refractivity contribution in [2.75, 3.05) is 25.6 Å². The van der Waals surface area contributed by atoms with Gasteiger partial charge in [0.1, 0.15) is 6.61 Å². The van der Waals surface area contributed by atoms with E-state index in [0.29, 0.717) is 11.3 Å². The summed E-state index contributed by atoms with van der Waals surface area (Å²) in [7, 11) is 0. The molecule has 7 heteroatoms. The molecule has 0 saturated carbocycles. The second-order valence-corrected chi connectivity index (χ2v) is 4.23. The Labute approximate surface area is 114 Å². The van der Waals surface area contributed by atoms with Crippen molar-refractivity contribution in [3.8, 4) is 0 Å². The molecule has 0 spiro atoms. The van der Waals surface area contributed by atoms with Crippen LogP contribution in [0.1, 0.15) is 22.3 Å². The number of esters is 1. The Morgan fingerprint density at radius 1 is 1.30 bits per heavy atom. The fourth-order valence-electron chi connectivity index (χ4n) is 1.36. The van der Waals surface area contributed by atoms with Gasteiger partial charge in [0, 0.05) is 12.1 Å². The van der Waals surface area contributed by atoms with E-state index in [-0.39, 0.29) is 19.6 Å². The summed E-state index contributed by atoms with van der Waals surface area (Å²) in [6.45, 7) is 0.380. The number of nitrogen functional groups attached to an aromatic ring is 1. The topological polar surface area (TPSA) is 61.5 Å². The third-order valence-electron chi connectivity index (χ3n) is 2.45. The lowest BCUT2D eigenvalue weighted by Crippen LogP contribution is -2.18. The molecule has 0 amide bonds. The number of hydrogen-bond donors (Lipinski definition) is 1. The van der Waals surface area contributed by atoms with Crippen LogP contribution in [0.15, 0.2) is 18.2 Å². The summed E-state index contributed by atoms with van der Waals surface area (Å²) >= 11 is 0. The molecule has 1 aromatic carbocycles. The lowest BCUT2D eigenvalue weighted by atomic mass is 10.1. The highest BCUT2D eigenvalue weighted by atomic mass is 19.4. The summed E-state index contributed by atoms with van der Waals surface area (Å²) in [5.74, 6) is -0.562. The molecule has 0 atom stereocenters. The van der Waals surface area contributed by atoms with Crippen LogP contribution in [0, 0.1) is 6.92 Å². The Morgan fingerprint density at radius 2 is 2.00 bits per heavy atom. The standard InChI is InChI=1S/C13H16F3NO3/c1-9-3-4-10(7-11(9)17)12(18)20-6-2-5-19-8-13(14,15)16/h3-4,7H,2,5-6,8,17H2,1H3. The third kappa shape index (κ3) is 5.92. The van der Waals surface area contributed by atoms with Gasteiger partial charge in [0.15, 0.2) is 0 Å². The number of benzene rings is 1. The van der Waals surface area contributed by atoms with Crippen LogP contribution in [-0.2, 0) is 9.47 Å². The monoisotopic (exact) mass is 291 g/mol. The fourth-order valence-corrected chi connectivity index (χ4v) is 1.36. The van der Waals surface area contributed by atoms with Crippen LogP contribution in [0.4, 0.5) is 18.9 Å². The maximum atomic E-state index is 11.8. The third-order valence-corrected chi connectivity index (χ3v) is 2.45. The highest BCUT2D eigenvalue weighted by molar-refractivity contribution is 5.90. The number of hydrogen-bond acceptors (Lipinski definition) is 4. The van der Waals surface area contributed by atoms with Crippen LogP contribution in [-0.4, -0.2) is 32.0 Å². The fraction of sp³-hybridized carbons (Fsp3) is 0.462. The molecule has 0 bridgehead atoms. The van der Waals surface area contributed by atoms with E-state index in [1.807, 2.05) is 6.92 Å². The first-order valence-electron chi connectivity index (χ1n) is 5.97. The molecule has 4 nitrogen and oxygen atoms in total. The first-order valence-corrected chi connectivity index (χ1v) is 5.97. The van der Waals surface area contributed by atoms with E-state index in [9.17, 15) is 18.0 Å². The first kappa shape index (κ1) is 16.3. The van der Waals surface area contributed by atoms with Crippen molar-refractivity contribution in [1.29, 1.82) is 0 Å². The number of carbonyl (C=O) groups is 1. The van der Waals surface area contributed by atoms with Crippen LogP contribution < -0.4 is 5.73 Å². The lowest BCUT2D eigenvalue weighted by molar-refractivity contribution is -0.174. The van der Waals surface area contributed by atoms with E-state index in [4.69, 9.17) is 10.5 Å². The van der Waals surface area contributed by atoms with Crippen molar-refractivity contribution < 1.29 is 27.4 Å². The van der Waals surface area contributed by atoms with Crippen molar-refractivity contribution in [1.82, 2.24) is 0 Å². The van der Waals surface area contributed by atoms with Crippen LogP contribution in [0.3, 0.4) is 0 Å². The maximum absolute atomic E-state index is 11.8. The molecule has 0 unspecified atom stereocenters. The second-order valence-electron chi connectivity index (χ2n) is 4.23. The van der Waals surface area contributed by atoms with E-state index in [2.05, 4.69) is 4.74 Å². The van der Waals surface area contributed by atoms with E-state index in [1.54, 1.807) is 12.1 Å². The van der Waals surface area contributed by atoms with Gasteiger partial charge in [0.2, 0.25) is 0 Å². The van der Waals surface area contributed by atoms with Crippen LogP contribution in [0.2, 0.25) is 0 Å². The highest BCUT2D eigenvalue weighted by Crippen LogP contribution is 2.15. The van der Waals surface area contributed by atoms with E-state index < -0.39 is 18.8 Å². The summed E-state index contributed by atoms with van der Waals surface area (Å²) in [5, 5.41) is 0. The number of aryl methyl sites for hydroxylation is 1. The van der Waals surface area contributed by atoms with Crippen molar-refractivity contribution >= 4 is 11.7 Å². The smallest absolute Gasteiger partial charge is 0.411 e. The van der Waals surface area contributed by atoms with Crippen LogP contribution >= 0.6 is 0 Å². The normalized spacial score (nSPS) is 11.4. The molecule has 0 aliphatic carbocycles. The van der Waals surface area contributed by atoms with E-state index in [1.165, 1.54) is 6.07 Å². The summed E-state index contributed by atoms with van der Waals surface area (Å²) in [5.41, 5.74) is 7.30. The molecule has 1 rings (SSSR count). The largest absolute Gasteiger partial charge is 0.462 e. The summed E-state index contributed by atoms with van der Waals surface area (Å²) in [6, 6.07) is 4.77. The van der Waals surface area contributed by atoms with Crippen LogP contribution in [0.5, 0.6) is 0 Å². The molecule has 0 aromatic heterocycles. The number of rotatable bonds is 6. The van der Waals surface area contributed by atoms with Gasteiger partial charge in [-0.1, -0.05) is 6.07 Å². The molecule has 0 radical (unpaired) electrons. The average molecular weight is 291 g/mol. The van der Waals surface area contributed by atoms with E-state index >= 15 is 0 Å². The number of anilines is 1.